The van der Waals surface area contributed by atoms with Crippen LogP contribution in [-0.2, 0) is 6.54 Å². The third-order valence-corrected chi connectivity index (χ3v) is 4.24. The largest absolute Gasteiger partial charge is 0.387 e. The second-order valence-electron chi connectivity index (χ2n) is 5.77. The normalized spacial score (nSPS) is 21.9. The van der Waals surface area contributed by atoms with Gasteiger partial charge < -0.3 is 20.3 Å². The van der Waals surface area contributed by atoms with Crippen LogP contribution < -0.4 is 10.6 Å². The first-order valence-corrected chi connectivity index (χ1v) is 7.88. The average Bonchev–Trinajstić information content (AvgIpc) is 2.97. The molecule has 1 aromatic heterocycles. The molecule has 1 aliphatic heterocycles. The fraction of sp³-hybridized carbons (Fsp3) is 0.438. The summed E-state index contributed by atoms with van der Waals surface area (Å²) in [4.78, 5) is 0. The fourth-order valence-corrected chi connectivity index (χ4v) is 2.94. The molecule has 3 rings (SSSR count). The minimum absolute atomic E-state index is 0.536. The molecule has 0 spiro atoms. The molecule has 22 heavy (non-hydrogen) atoms. The van der Waals surface area contributed by atoms with E-state index in [9.17, 15) is 5.11 Å². The topological polar surface area (TPSA) is 70.3 Å². The van der Waals surface area contributed by atoms with Crippen molar-refractivity contribution in [2.75, 3.05) is 19.6 Å². The van der Waals surface area contributed by atoms with Crippen molar-refractivity contribution in [2.45, 2.75) is 25.0 Å². The lowest BCUT2D eigenvalue weighted by atomic mass is 9.94. The molecule has 1 aliphatic rings. The minimum Gasteiger partial charge on any atom is -0.387 e. The Hall–Kier alpha value is -1.40. The average molecular weight is 322 g/mol. The van der Waals surface area contributed by atoms with E-state index >= 15 is 0 Å². The molecule has 0 aliphatic carbocycles. The molecular formula is C16H20ClN3O2. The van der Waals surface area contributed by atoms with E-state index in [2.05, 4.69) is 15.8 Å². The molecular weight excluding hydrogens is 302 g/mol. The quantitative estimate of drug-likeness (QED) is 0.787. The van der Waals surface area contributed by atoms with Crippen molar-refractivity contribution >= 4 is 11.6 Å². The summed E-state index contributed by atoms with van der Waals surface area (Å²) in [6.45, 7) is 2.70. The van der Waals surface area contributed by atoms with Gasteiger partial charge in [-0.05, 0) is 31.5 Å². The lowest BCUT2D eigenvalue weighted by Gasteiger charge is -2.32. The van der Waals surface area contributed by atoms with Crippen molar-refractivity contribution in [1.29, 1.82) is 0 Å². The Morgan fingerprint density at radius 1 is 1.41 bits per heavy atom. The van der Waals surface area contributed by atoms with Gasteiger partial charge in [0.15, 0.2) is 5.76 Å². The molecule has 3 N–H and O–H groups in total. The molecule has 1 fully saturated rings. The van der Waals surface area contributed by atoms with E-state index in [1.807, 2.05) is 30.3 Å². The number of piperidine rings is 1. The monoisotopic (exact) mass is 321 g/mol. The standard InChI is InChI=1S/C16H20ClN3O2/c17-14-5-2-1-4-13(14)15-8-12(20-22-15)9-19-11-16(21)6-3-7-18-10-16/h1-2,4-5,8,18-19,21H,3,6-7,9-11H2/t16-/m0/s1. The smallest absolute Gasteiger partial charge is 0.168 e. The van der Waals surface area contributed by atoms with Gasteiger partial charge in [-0.2, -0.15) is 0 Å². The highest BCUT2D eigenvalue weighted by Crippen LogP contribution is 2.27. The highest BCUT2D eigenvalue weighted by Gasteiger charge is 2.28. The molecule has 2 heterocycles. The molecule has 1 aromatic carbocycles. The third kappa shape index (κ3) is 3.67. The van der Waals surface area contributed by atoms with Crippen LogP contribution in [0.3, 0.4) is 0 Å². The van der Waals surface area contributed by atoms with Gasteiger partial charge >= 0.3 is 0 Å². The van der Waals surface area contributed by atoms with Crippen LogP contribution in [0.5, 0.6) is 0 Å². The predicted molar refractivity (Wildman–Crippen MR) is 85.7 cm³/mol. The van der Waals surface area contributed by atoms with E-state index in [0.717, 1.165) is 30.6 Å². The van der Waals surface area contributed by atoms with Gasteiger partial charge in [-0.25, -0.2) is 0 Å². The molecule has 5 nitrogen and oxygen atoms in total. The third-order valence-electron chi connectivity index (χ3n) is 3.91. The summed E-state index contributed by atoms with van der Waals surface area (Å²) < 4.78 is 5.35. The Balaban J connectivity index is 1.57. The number of benzene rings is 1. The lowest BCUT2D eigenvalue weighted by molar-refractivity contribution is 0.0168. The zero-order valence-electron chi connectivity index (χ0n) is 12.3. The number of aromatic nitrogens is 1. The molecule has 0 radical (unpaired) electrons. The predicted octanol–water partition coefficient (Wildman–Crippen LogP) is 2.20. The number of β-amino-alcohol motifs (C(OH)–C–C–N with tert-alkyl or cyclic N) is 1. The molecule has 0 unspecified atom stereocenters. The van der Waals surface area contributed by atoms with Crippen LogP contribution in [0, 0.1) is 0 Å². The van der Waals surface area contributed by atoms with Crippen molar-refractivity contribution in [3.8, 4) is 11.3 Å². The lowest BCUT2D eigenvalue weighted by Crippen LogP contribution is -2.51. The van der Waals surface area contributed by atoms with Crippen molar-refractivity contribution < 1.29 is 9.63 Å². The Bertz CT molecular complexity index is 623. The van der Waals surface area contributed by atoms with Crippen molar-refractivity contribution in [3.05, 3.63) is 41.0 Å². The Morgan fingerprint density at radius 3 is 3.05 bits per heavy atom. The Labute approximate surface area is 134 Å². The maximum absolute atomic E-state index is 10.4. The van der Waals surface area contributed by atoms with Crippen LogP contribution in [0.15, 0.2) is 34.9 Å². The summed E-state index contributed by atoms with van der Waals surface area (Å²) in [6.07, 6.45) is 1.81. The molecule has 118 valence electrons. The molecule has 0 bridgehead atoms. The zero-order chi connectivity index (χ0) is 15.4. The summed E-state index contributed by atoms with van der Waals surface area (Å²) in [5, 5.41) is 21.5. The molecule has 1 saturated heterocycles. The number of hydrogen-bond acceptors (Lipinski definition) is 5. The maximum Gasteiger partial charge on any atom is 0.168 e. The van der Waals surface area contributed by atoms with E-state index in [4.69, 9.17) is 16.1 Å². The Kier molecular flexibility index (Phi) is 4.78. The number of halogens is 1. The second kappa shape index (κ2) is 6.79. The number of aliphatic hydroxyl groups is 1. The number of hydrogen-bond donors (Lipinski definition) is 3. The van der Waals surface area contributed by atoms with Gasteiger partial charge in [-0.15, -0.1) is 0 Å². The summed E-state index contributed by atoms with van der Waals surface area (Å²) in [5.41, 5.74) is 0.952. The maximum atomic E-state index is 10.4. The zero-order valence-corrected chi connectivity index (χ0v) is 13.1. The van der Waals surface area contributed by atoms with E-state index in [1.54, 1.807) is 0 Å². The summed E-state index contributed by atoms with van der Waals surface area (Å²) in [6, 6.07) is 9.38. The van der Waals surface area contributed by atoms with E-state index in [-0.39, 0.29) is 0 Å². The number of nitrogens with zero attached hydrogens (tertiary/aromatic N) is 1. The van der Waals surface area contributed by atoms with Crippen LogP contribution in [0.25, 0.3) is 11.3 Å². The fourth-order valence-electron chi connectivity index (χ4n) is 2.71. The highest BCUT2D eigenvalue weighted by atomic mass is 35.5. The first-order valence-electron chi connectivity index (χ1n) is 7.51. The minimum atomic E-state index is -0.673. The summed E-state index contributed by atoms with van der Waals surface area (Å²) in [7, 11) is 0. The van der Waals surface area contributed by atoms with E-state index in [1.165, 1.54) is 0 Å². The van der Waals surface area contributed by atoms with Gasteiger partial charge in [0.05, 0.1) is 16.3 Å². The molecule has 6 heteroatoms. The summed E-state index contributed by atoms with van der Waals surface area (Å²) >= 11 is 6.15. The highest BCUT2D eigenvalue weighted by molar-refractivity contribution is 6.33. The second-order valence-corrected chi connectivity index (χ2v) is 6.18. The molecule has 0 saturated carbocycles. The molecule has 0 amide bonds. The van der Waals surface area contributed by atoms with Crippen molar-refractivity contribution in [2.24, 2.45) is 0 Å². The van der Waals surface area contributed by atoms with Crippen LogP contribution in [-0.4, -0.2) is 35.5 Å². The van der Waals surface area contributed by atoms with Gasteiger partial charge in [-0.1, -0.05) is 28.9 Å². The van der Waals surface area contributed by atoms with Gasteiger partial charge in [-0.3, -0.25) is 0 Å². The van der Waals surface area contributed by atoms with Crippen LogP contribution in [0.1, 0.15) is 18.5 Å². The van der Waals surface area contributed by atoms with Gasteiger partial charge in [0.1, 0.15) is 0 Å². The van der Waals surface area contributed by atoms with Crippen molar-refractivity contribution in [3.63, 3.8) is 0 Å². The van der Waals surface area contributed by atoms with E-state index in [0.29, 0.717) is 30.4 Å². The number of nitrogens with one attached hydrogen (secondary N) is 2. The van der Waals surface area contributed by atoms with Crippen LogP contribution >= 0.6 is 11.6 Å². The Morgan fingerprint density at radius 2 is 2.27 bits per heavy atom. The summed E-state index contributed by atoms with van der Waals surface area (Å²) in [5.74, 6) is 0.653. The van der Waals surface area contributed by atoms with Crippen LogP contribution in [0.2, 0.25) is 5.02 Å². The SMILES string of the molecule is O[C@@]1(CNCc2cc(-c3ccccc3Cl)on2)CCCNC1. The van der Waals surface area contributed by atoms with Gasteiger partial charge in [0.2, 0.25) is 0 Å². The van der Waals surface area contributed by atoms with Gasteiger partial charge in [0.25, 0.3) is 0 Å². The first-order chi connectivity index (χ1) is 10.7. The first kappa shape index (κ1) is 15.5. The van der Waals surface area contributed by atoms with E-state index < -0.39 is 5.60 Å². The number of rotatable bonds is 5. The molecule has 2 aromatic rings. The molecule has 1 atom stereocenters. The van der Waals surface area contributed by atoms with Crippen LogP contribution in [0.4, 0.5) is 0 Å². The van der Waals surface area contributed by atoms with Gasteiger partial charge in [0, 0.05) is 31.3 Å². The van der Waals surface area contributed by atoms with Crippen molar-refractivity contribution in [1.82, 2.24) is 15.8 Å².